The third-order valence-electron chi connectivity index (χ3n) is 2.99. The van der Waals surface area contributed by atoms with Crippen molar-refractivity contribution in [1.29, 1.82) is 0 Å². The van der Waals surface area contributed by atoms with Crippen molar-refractivity contribution in [2.45, 2.75) is 11.3 Å². The summed E-state index contributed by atoms with van der Waals surface area (Å²) >= 11 is 15.6. The van der Waals surface area contributed by atoms with Crippen molar-refractivity contribution in [3.63, 3.8) is 0 Å². The molecule has 27 heavy (non-hydrogen) atoms. The minimum Gasteiger partial charge on any atom is -0.301 e. The van der Waals surface area contributed by atoms with E-state index in [2.05, 4.69) is 25.8 Å². The largest absolute Gasteiger partial charge is 0.301 e. The van der Waals surface area contributed by atoms with Crippen LogP contribution in [-0.2, 0) is 4.79 Å². The number of benzene rings is 1. The normalized spacial score (nSPS) is 10.6. The first-order chi connectivity index (χ1) is 12.9. The molecule has 3 rings (SSSR count). The summed E-state index contributed by atoms with van der Waals surface area (Å²) in [5.41, 5.74) is 1.10. The molecular weight excluding hydrogens is 449 g/mol. The van der Waals surface area contributed by atoms with E-state index in [4.69, 9.17) is 23.2 Å². The Morgan fingerprint density at radius 3 is 2.74 bits per heavy atom. The topological polar surface area (TPSA) is 96.9 Å². The summed E-state index contributed by atoms with van der Waals surface area (Å²) in [6.45, 7) is 1.86. The van der Waals surface area contributed by atoms with E-state index in [9.17, 15) is 9.59 Å². The molecule has 1 aromatic carbocycles. The number of rotatable bonds is 6. The summed E-state index contributed by atoms with van der Waals surface area (Å²) in [6.07, 6.45) is 0. The fraction of sp³-hybridized carbons (Fsp3) is 0.133. The highest BCUT2D eigenvalue weighted by Crippen LogP contribution is 2.27. The highest BCUT2D eigenvalue weighted by Gasteiger charge is 2.15. The van der Waals surface area contributed by atoms with Gasteiger partial charge >= 0.3 is 0 Å². The number of amides is 2. The smallest absolute Gasteiger partial charge is 0.259 e. The number of thiazole rings is 1. The molecule has 12 heteroatoms. The maximum absolute atomic E-state index is 12.3. The van der Waals surface area contributed by atoms with Gasteiger partial charge in [-0.1, -0.05) is 46.3 Å². The SMILES string of the molecule is Cc1csc(NC(=O)CSc2nnc(NC(=O)c3cc(Cl)ccc3Cl)s2)n1. The standard InChI is InChI=1S/C15H11Cl2N5O2S3/c1-7-5-25-13(18-7)19-11(23)6-26-15-22-21-14(27-15)20-12(24)9-4-8(16)2-3-10(9)17/h2-5H,6H2,1H3,(H,18,19,23)(H,20,21,24). The minimum atomic E-state index is -0.438. The molecule has 0 bridgehead atoms. The molecule has 7 nitrogen and oxygen atoms in total. The molecular formula is C15H11Cl2N5O2S3. The Kier molecular flexibility index (Phi) is 6.66. The Morgan fingerprint density at radius 1 is 1.19 bits per heavy atom. The predicted octanol–water partition coefficient (Wildman–Crippen LogP) is 4.59. The summed E-state index contributed by atoms with van der Waals surface area (Å²) in [5, 5.41) is 16.6. The quantitative estimate of drug-likeness (QED) is 0.413. The van der Waals surface area contributed by atoms with Crippen molar-refractivity contribution in [3.05, 3.63) is 44.9 Å². The zero-order chi connectivity index (χ0) is 19.4. The molecule has 0 aliphatic carbocycles. The molecule has 0 saturated carbocycles. The Morgan fingerprint density at radius 2 is 2.00 bits per heavy atom. The maximum atomic E-state index is 12.3. The number of aromatic nitrogens is 3. The average molecular weight is 460 g/mol. The van der Waals surface area contributed by atoms with Gasteiger partial charge in [-0.3, -0.25) is 14.9 Å². The second kappa shape index (κ2) is 8.98. The second-order valence-electron chi connectivity index (χ2n) is 5.08. The van der Waals surface area contributed by atoms with E-state index in [0.717, 1.165) is 17.0 Å². The monoisotopic (exact) mass is 459 g/mol. The Balaban J connectivity index is 1.54. The molecule has 140 valence electrons. The van der Waals surface area contributed by atoms with Crippen LogP contribution in [0, 0.1) is 6.92 Å². The molecule has 0 unspecified atom stereocenters. The molecule has 0 radical (unpaired) electrons. The lowest BCUT2D eigenvalue weighted by molar-refractivity contribution is -0.113. The van der Waals surface area contributed by atoms with Crippen LogP contribution >= 0.6 is 57.6 Å². The van der Waals surface area contributed by atoms with E-state index >= 15 is 0 Å². The van der Waals surface area contributed by atoms with Crippen molar-refractivity contribution in [2.24, 2.45) is 0 Å². The maximum Gasteiger partial charge on any atom is 0.259 e. The van der Waals surface area contributed by atoms with Crippen LogP contribution in [0.3, 0.4) is 0 Å². The molecule has 2 heterocycles. The number of halogens is 2. The molecule has 0 spiro atoms. The zero-order valence-corrected chi connectivity index (χ0v) is 17.6. The van der Waals surface area contributed by atoms with Crippen LogP contribution in [0.1, 0.15) is 16.1 Å². The lowest BCUT2D eigenvalue weighted by Crippen LogP contribution is -2.13. The number of thioether (sulfide) groups is 1. The molecule has 2 aromatic heterocycles. The number of carbonyl (C=O) groups is 2. The van der Waals surface area contributed by atoms with Gasteiger partial charge in [-0.15, -0.1) is 21.5 Å². The number of hydrogen-bond donors (Lipinski definition) is 2. The molecule has 0 atom stereocenters. The van der Waals surface area contributed by atoms with Crippen LogP contribution in [0.4, 0.5) is 10.3 Å². The first-order valence-corrected chi connectivity index (χ1v) is 10.8. The van der Waals surface area contributed by atoms with E-state index < -0.39 is 5.91 Å². The van der Waals surface area contributed by atoms with E-state index in [-0.39, 0.29) is 22.2 Å². The second-order valence-corrected chi connectivity index (χ2v) is 8.98. The predicted molar refractivity (Wildman–Crippen MR) is 111 cm³/mol. The van der Waals surface area contributed by atoms with Crippen LogP contribution in [-0.4, -0.2) is 32.7 Å². The fourth-order valence-electron chi connectivity index (χ4n) is 1.85. The third-order valence-corrected chi connectivity index (χ3v) is 6.40. The van der Waals surface area contributed by atoms with E-state index in [0.29, 0.717) is 19.6 Å². The van der Waals surface area contributed by atoms with Crippen molar-refractivity contribution in [1.82, 2.24) is 15.2 Å². The number of hydrogen-bond acceptors (Lipinski definition) is 8. The Bertz CT molecular complexity index is 992. The first kappa shape index (κ1) is 20.0. The summed E-state index contributed by atoms with van der Waals surface area (Å²) < 4.78 is 0.549. The van der Waals surface area contributed by atoms with Gasteiger partial charge in [0.05, 0.1) is 22.0 Å². The minimum absolute atomic E-state index is 0.154. The third kappa shape index (κ3) is 5.63. The summed E-state index contributed by atoms with van der Waals surface area (Å²) in [6, 6.07) is 4.61. The number of nitrogens with zero attached hydrogens (tertiary/aromatic N) is 3. The van der Waals surface area contributed by atoms with Crippen molar-refractivity contribution in [3.8, 4) is 0 Å². The molecule has 0 fully saturated rings. The molecule has 3 aromatic rings. The summed E-state index contributed by atoms with van der Waals surface area (Å²) in [5.74, 6) is -0.477. The van der Waals surface area contributed by atoms with Crippen molar-refractivity contribution < 1.29 is 9.59 Å². The van der Waals surface area contributed by atoms with Crippen molar-refractivity contribution >= 4 is 79.7 Å². The van der Waals surface area contributed by atoms with Crippen LogP contribution in [0.25, 0.3) is 0 Å². The highest BCUT2D eigenvalue weighted by atomic mass is 35.5. The molecule has 0 saturated heterocycles. The lowest BCUT2D eigenvalue weighted by atomic mass is 10.2. The lowest BCUT2D eigenvalue weighted by Gasteiger charge is -2.03. The molecule has 0 aliphatic rings. The van der Waals surface area contributed by atoms with Gasteiger partial charge in [-0.05, 0) is 25.1 Å². The first-order valence-electron chi connectivity index (χ1n) is 7.35. The van der Waals surface area contributed by atoms with Gasteiger partial charge in [-0.2, -0.15) is 0 Å². The van der Waals surface area contributed by atoms with E-state index in [1.54, 1.807) is 12.1 Å². The summed E-state index contributed by atoms with van der Waals surface area (Å²) in [7, 11) is 0. The van der Waals surface area contributed by atoms with Crippen molar-refractivity contribution in [2.75, 3.05) is 16.4 Å². The number of carbonyl (C=O) groups excluding carboxylic acids is 2. The number of nitrogens with one attached hydrogen (secondary N) is 2. The summed E-state index contributed by atoms with van der Waals surface area (Å²) in [4.78, 5) is 28.4. The van der Waals surface area contributed by atoms with Crippen LogP contribution in [0.15, 0.2) is 27.9 Å². The molecule has 2 N–H and O–H groups in total. The van der Waals surface area contributed by atoms with E-state index in [1.807, 2.05) is 12.3 Å². The molecule has 2 amide bonds. The fourth-order valence-corrected chi connectivity index (χ4v) is 4.48. The average Bonchev–Trinajstić information content (AvgIpc) is 3.24. The zero-order valence-electron chi connectivity index (χ0n) is 13.7. The molecule has 0 aliphatic heterocycles. The van der Waals surface area contributed by atoms with Gasteiger partial charge in [0.2, 0.25) is 11.0 Å². The van der Waals surface area contributed by atoms with E-state index in [1.165, 1.54) is 29.2 Å². The van der Waals surface area contributed by atoms with Gasteiger partial charge in [0.25, 0.3) is 5.91 Å². The van der Waals surface area contributed by atoms with Crippen LogP contribution < -0.4 is 10.6 Å². The van der Waals surface area contributed by atoms with Gasteiger partial charge in [-0.25, -0.2) is 4.98 Å². The Hall–Kier alpha value is -1.72. The van der Waals surface area contributed by atoms with Gasteiger partial charge in [0.1, 0.15) is 0 Å². The number of aryl methyl sites for hydroxylation is 1. The number of anilines is 2. The van der Waals surface area contributed by atoms with Gasteiger partial charge in [0.15, 0.2) is 9.47 Å². The van der Waals surface area contributed by atoms with Crippen LogP contribution in [0.2, 0.25) is 10.0 Å². The Labute approximate surface area is 176 Å². The van der Waals surface area contributed by atoms with Crippen LogP contribution in [0.5, 0.6) is 0 Å². The highest BCUT2D eigenvalue weighted by molar-refractivity contribution is 8.01. The van der Waals surface area contributed by atoms with Gasteiger partial charge in [0, 0.05) is 10.4 Å². The van der Waals surface area contributed by atoms with Gasteiger partial charge < -0.3 is 5.32 Å².